The third-order valence-electron chi connectivity index (χ3n) is 3.72. The van der Waals surface area contributed by atoms with Gasteiger partial charge in [0.2, 0.25) is 5.91 Å². The third-order valence-corrected chi connectivity index (χ3v) is 4.79. The molecule has 1 amide bonds. The van der Waals surface area contributed by atoms with Crippen LogP contribution in [0.4, 0.5) is 5.69 Å². The number of non-ortho nitro benzene ring substituents is 1. The zero-order valence-corrected chi connectivity index (χ0v) is 14.8. The smallest absolute Gasteiger partial charge is 0.270 e. The lowest BCUT2D eigenvalue weighted by atomic mass is 10.1. The number of nitro benzene ring substituents is 1. The molecule has 1 heterocycles. The Bertz CT molecular complexity index is 911. The van der Waals surface area contributed by atoms with Gasteiger partial charge in [0.25, 0.3) is 5.69 Å². The molecule has 132 valence electrons. The average Bonchev–Trinajstić information content (AvgIpc) is 2.95. The molecule has 1 unspecified atom stereocenters. The molecule has 0 spiro atoms. The molecule has 26 heavy (non-hydrogen) atoms. The van der Waals surface area contributed by atoms with Crippen LogP contribution in [-0.4, -0.2) is 27.5 Å². The Morgan fingerprint density at radius 2 is 2.08 bits per heavy atom. The van der Waals surface area contributed by atoms with Gasteiger partial charge in [-0.05, 0) is 18.9 Å². The topological polar surface area (TPSA) is 97.0 Å². The van der Waals surface area contributed by atoms with Crippen molar-refractivity contribution >= 4 is 34.7 Å². The minimum atomic E-state index is -0.466. The van der Waals surface area contributed by atoms with Crippen molar-refractivity contribution in [1.29, 1.82) is 0 Å². The van der Waals surface area contributed by atoms with E-state index in [0.717, 1.165) is 11.1 Å². The molecule has 1 saturated heterocycles. The predicted octanol–water partition coefficient (Wildman–Crippen LogP) is 3.07. The largest absolute Gasteiger partial charge is 0.303 e. The summed E-state index contributed by atoms with van der Waals surface area (Å²) in [6.45, 7) is 2.01. The third kappa shape index (κ3) is 4.54. The van der Waals surface area contributed by atoms with Crippen LogP contribution in [0, 0.1) is 17.0 Å². The van der Waals surface area contributed by atoms with Crippen molar-refractivity contribution < 1.29 is 9.72 Å². The number of aryl methyl sites for hydroxylation is 1. The molecule has 0 radical (unpaired) electrons. The number of hydrogen-bond acceptors (Lipinski definition) is 6. The fourth-order valence-electron chi connectivity index (χ4n) is 2.51. The first-order valence-corrected chi connectivity index (χ1v) is 8.78. The summed E-state index contributed by atoms with van der Waals surface area (Å²) < 4.78 is 0. The number of nitrogens with zero attached hydrogens (tertiary/aromatic N) is 3. The van der Waals surface area contributed by atoms with Crippen molar-refractivity contribution in [1.82, 2.24) is 5.32 Å². The van der Waals surface area contributed by atoms with Crippen LogP contribution >= 0.6 is 11.8 Å². The van der Waals surface area contributed by atoms with E-state index < -0.39 is 4.92 Å². The van der Waals surface area contributed by atoms with Crippen LogP contribution in [0.3, 0.4) is 0 Å². The van der Waals surface area contributed by atoms with Crippen LogP contribution in [0.15, 0.2) is 58.7 Å². The number of amides is 1. The summed E-state index contributed by atoms with van der Waals surface area (Å²) in [6.07, 6.45) is 2.03. The van der Waals surface area contributed by atoms with Crippen LogP contribution in [0.2, 0.25) is 0 Å². The molecule has 0 aliphatic carbocycles. The lowest BCUT2D eigenvalue weighted by molar-refractivity contribution is -0.384. The predicted molar refractivity (Wildman–Crippen MR) is 103 cm³/mol. The quantitative estimate of drug-likeness (QED) is 0.498. The van der Waals surface area contributed by atoms with Crippen molar-refractivity contribution in [3.05, 3.63) is 75.3 Å². The Labute approximate surface area is 154 Å². The second kappa shape index (κ2) is 7.92. The first-order valence-electron chi connectivity index (χ1n) is 7.90. The SMILES string of the molecule is Cc1cccc(CC2S/C(=N\N=Cc3cccc([N+](=O)[O-])c3)NC2=O)c1. The Balaban J connectivity index is 1.64. The van der Waals surface area contributed by atoms with Crippen molar-refractivity contribution in [3.8, 4) is 0 Å². The van der Waals surface area contributed by atoms with Crippen LogP contribution in [0.5, 0.6) is 0 Å². The number of nitrogens with one attached hydrogen (secondary N) is 1. The van der Waals surface area contributed by atoms with E-state index in [-0.39, 0.29) is 16.8 Å². The fourth-order valence-corrected chi connectivity index (χ4v) is 3.47. The van der Waals surface area contributed by atoms with E-state index in [1.54, 1.807) is 12.1 Å². The van der Waals surface area contributed by atoms with Crippen LogP contribution in [-0.2, 0) is 11.2 Å². The highest BCUT2D eigenvalue weighted by atomic mass is 32.2. The van der Waals surface area contributed by atoms with E-state index in [0.29, 0.717) is 17.2 Å². The molecular weight excluding hydrogens is 352 g/mol. The Hall–Kier alpha value is -3.00. The Kier molecular flexibility index (Phi) is 5.43. The Morgan fingerprint density at radius 1 is 1.27 bits per heavy atom. The van der Waals surface area contributed by atoms with Gasteiger partial charge in [-0.25, -0.2) is 0 Å². The second-order valence-corrected chi connectivity index (χ2v) is 6.98. The number of thioether (sulfide) groups is 1. The van der Waals surface area contributed by atoms with Gasteiger partial charge in [0.15, 0.2) is 5.17 Å². The van der Waals surface area contributed by atoms with E-state index in [4.69, 9.17) is 0 Å². The maximum atomic E-state index is 12.1. The van der Waals surface area contributed by atoms with Gasteiger partial charge >= 0.3 is 0 Å². The zero-order valence-electron chi connectivity index (χ0n) is 14.0. The molecule has 1 fully saturated rings. The lowest BCUT2D eigenvalue weighted by Gasteiger charge is -2.05. The summed E-state index contributed by atoms with van der Waals surface area (Å²) in [5.74, 6) is -0.0965. The molecule has 8 heteroatoms. The number of carbonyl (C=O) groups excluding carboxylic acids is 1. The van der Waals surface area contributed by atoms with Gasteiger partial charge in [0.1, 0.15) is 0 Å². The van der Waals surface area contributed by atoms with Gasteiger partial charge in [-0.1, -0.05) is 53.7 Å². The number of nitro groups is 1. The van der Waals surface area contributed by atoms with Gasteiger partial charge in [-0.2, -0.15) is 5.10 Å². The van der Waals surface area contributed by atoms with Crippen LogP contribution in [0.1, 0.15) is 16.7 Å². The molecule has 1 aliphatic rings. The molecule has 0 bridgehead atoms. The molecule has 2 aromatic rings. The summed E-state index contributed by atoms with van der Waals surface area (Å²) in [7, 11) is 0. The molecule has 2 aromatic carbocycles. The summed E-state index contributed by atoms with van der Waals surface area (Å²) in [6, 6.07) is 14.1. The molecule has 3 rings (SSSR count). The maximum Gasteiger partial charge on any atom is 0.270 e. The van der Waals surface area contributed by atoms with Crippen molar-refractivity contribution in [2.45, 2.75) is 18.6 Å². The van der Waals surface area contributed by atoms with Crippen molar-refractivity contribution in [3.63, 3.8) is 0 Å². The number of benzene rings is 2. The van der Waals surface area contributed by atoms with Gasteiger partial charge in [-0.15, -0.1) is 5.10 Å². The average molecular weight is 368 g/mol. The number of amidine groups is 1. The van der Waals surface area contributed by atoms with Crippen molar-refractivity contribution in [2.75, 3.05) is 0 Å². The van der Waals surface area contributed by atoms with E-state index in [2.05, 4.69) is 21.6 Å². The maximum absolute atomic E-state index is 12.1. The summed E-state index contributed by atoms with van der Waals surface area (Å²) in [5.41, 5.74) is 2.80. The number of hydrogen-bond donors (Lipinski definition) is 1. The van der Waals surface area contributed by atoms with E-state index in [9.17, 15) is 14.9 Å². The summed E-state index contributed by atoms with van der Waals surface area (Å²) >= 11 is 1.33. The normalized spacial score (nSPS) is 18.4. The highest BCUT2D eigenvalue weighted by Crippen LogP contribution is 2.23. The molecule has 7 nitrogen and oxygen atoms in total. The van der Waals surface area contributed by atoms with E-state index >= 15 is 0 Å². The molecule has 1 atom stereocenters. The van der Waals surface area contributed by atoms with E-state index in [1.165, 1.54) is 30.1 Å². The molecular formula is C18H16N4O3S. The minimum absolute atomic E-state index is 0.0108. The molecule has 0 saturated carbocycles. The number of carbonyl (C=O) groups is 1. The number of rotatable bonds is 5. The lowest BCUT2D eigenvalue weighted by Crippen LogP contribution is -2.25. The first-order chi connectivity index (χ1) is 12.5. The monoisotopic (exact) mass is 368 g/mol. The highest BCUT2D eigenvalue weighted by molar-refractivity contribution is 8.15. The fraction of sp³-hybridized carbons (Fsp3) is 0.167. The summed E-state index contributed by atoms with van der Waals surface area (Å²) in [4.78, 5) is 22.4. The second-order valence-electron chi connectivity index (χ2n) is 5.79. The molecule has 1 N–H and O–H groups in total. The first kappa shape index (κ1) is 17.8. The van der Waals surface area contributed by atoms with Gasteiger partial charge < -0.3 is 5.32 Å². The van der Waals surface area contributed by atoms with Crippen molar-refractivity contribution in [2.24, 2.45) is 10.2 Å². The Morgan fingerprint density at radius 3 is 2.85 bits per heavy atom. The molecule has 1 aliphatic heterocycles. The minimum Gasteiger partial charge on any atom is -0.303 e. The van der Waals surface area contributed by atoms with Crippen LogP contribution < -0.4 is 5.32 Å². The standard InChI is InChI=1S/C18H16N4O3S/c1-12-4-2-5-13(8-12)10-16-17(23)20-18(26-16)21-19-11-14-6-3-7-15(9-14)22(24)25/h2-9,11,16H,10H2,1H3,(H,20,21,23). The van der Waals surface area contributed by atoms with E-state index in [1.807, 2.05) is 25.1 Å². The zero-order chi connectivity index (χ0) is 18.5. The summed E-state index contributed by atoms with van der Waals surface area (Å²) in [5, 5.41) is 21.6. The van der Waals surface area contributed by atoms with Gasteiger partial charge in [0.05, 0.1) is 16.4 Å². The van der Waals surface area contributed by atoms with Crippen LogP contribution in [0.25, 0.3) is 0 Å². The van der Waals surface area contributed by atoms with Gasteiger partial charge in [0, 0.05) is 17.7 Å². The highest BCUT2D eigenvalue weighted by Gasteiger charge is 2.30. The van der Waals surface area contributed by atoms with Gasteiger partial charge in [-0.3, -0.25) is 14.9 Å². The molecule has 0 aromatic heterocycles.